The molecule has 1 aliphatic carbocycles. The molecule has 0 spiro atoms. The van der Waals surface area contributed by atoms with E-state index in [9.17, 15) is 4.79 Å². The summed E-state index contributed by atoms with van der Waals surface area (Å²) in [5, 5.41) is 7.22. The zero-order chi connectivity index (χ0) is 20.0. The van der Waals surface area contributed by atoms with Gasteiger partial charge in [0, 0.05) is 12.0 Å². The van der Waals surface area contributed by atoms with Crippen LogP contribution in [0, 0.1) is 0 Å². The lowest BCUT2D eigenvalue weighted by Gasteiger charge is -2.34. The second-order valence-corrected chi connectivity index (χ2v) is 6.99. The molecule has 0 aliphatic heterocycles. The number of ether oxygens (including phenoxy) is 2. The van der Waals surface area contributed by atoms with Crippen LogP contribution in [0.2, 0.25) is 0 Å². The molecule has 0 saturated heterocycles. The van der Waals surface area contributed by atoms with Crippen LogP contribution < -0.4 is 14.8 Å². The second-order valence-electron chi connectivity index (χ2n) is 6.99. The Kier molecular flexibility index (Phi) is 6.54. The van der Waals surface area contributed by atoms with Crippen LogP contribution in [-0.2, 0) is 12.0 Å². The van der Waals surface area contributed by atoms with Gasteiger partial charge < -0.3 is 19.3 Å². The van der Waals surface area contributed by atoms with E-state index in [-0.39, 0.29) is 5.91 Å². The molecule has 0 bridgehead atoms. The van der Waals surface area contributed by atoms with Gasteiger partial charge in [0.05, 0.1) is 13.2 Å². The molecule has 1 aromatic carbocycles. The van der Waals surface area contributed by atoms with Crippen LogP contribution in [-0.4, -0.2) is 29.3 Å². The minimum absolute atomic E-state index is 0.179. The predicted octanol–water partition coefficient (Wildman–Crippen LogP) is 4.02. The van der Waals surface area contributed by atoms with Gasteiger partial charge in [-0.1, -0.05) is 31.3 Å². The molecule has 1 aromatic heterocycles. The summed E-state index contributed by atoms with van der Waals surface area (Å²) in [5.41, 5.74) is -0.0905. The summed E-state index contributed by atoms with van der Waals surface area (Å²) in [7, 11) is 0. The predicted molar refractivity (Wildman–Crippen MR) is 105 cm³/mol. The highest BCUT2D eigenvalue weighted by Gasteiger charge is 2.40. The molecule has 1 amide bonds. The molecule has 2 aromatic rings. The number of hydrogen-bond donors (Lipinski definition) is 1. The largest absolute Gasteiger partial charge is 0.490 e. The maximum Gasteiger partial charge on any atom is 0.252 e. The molecule has 1 N–H and O–H groups in total. The molecule has 7 nitrogen and oxygen atoms in total. The average Bonchev–Trinajstić information content (AvgIpc) is 3.20. The molecule has 28 heavy (non-hydrogen) atoms. The van der Waals surface area contributed by atoms with Crippen LogP contribution in [0.15, 0.2) is 22.7 Å². The maximum absolute atomic E-state index is 13.1. The van der Waals surface area contributed by atoms with Crippen LogP contribution in [0.25, 0.3) is 0 Å². The quantitative estimate of drug-likeness (QED) is 0.736. The summed E-state index contributed by atoms with van der Waals surface area (Å²) in [6, 6.07) is 5.26. The third kappa shape index (κ3) is 4.29. The Morgan fingerprint density at radius 1 is 1.11 bits per heavy atom. The van der Waals surface area contributed by atoms with Crippen molar-refractivity contribution in [3.05, 3.63) is 35.5 Å². The van der Waals surface area contributed by atoms with E-state index in [1.54, 1.807) is 18.2 Å². The van der Waals surface area contributed by atoms with Gasteiger partial charge in [-0.25, -0.2) is 0 Å². The number of carbonyl (C=O) groups excluding carboxylic acids is 1. The zero-order valence-electron chi connectivity index (χ0n) is 16.9. The molecule has 0 unspecified atom stereocenters. The Hall–Kier alpha value is -2.57. The van der Waals surface area contributed by atoms with Gasteiger partial charge >= 0.3 is 0 Å². The summed E-state index contributed by atoms with van der Waals surface area (Å²) in [4.78, 5) is 17.6. The smallest absolute Gasteiger partial charge is 0.252 e. The molecular formula is C21H29N3O4. The van der Waals surface area contributed by atoms with Crippen molar-refractivity contribution in [1.82, 2.24) is 15.5 Å². The van der Waals surface area contributed by atoms with Gasteiger partial charge in [0.15, 0.2) is 17.3 Å². The lowest BCUT2D eigenvalue weighted by Crippen LogP contribution is -2.47. The molecule has 152 valence electrons. The van der Waals surface area contributed by atoms with Crippen LogP contribution in [0.5, 0.6) is 11.5 Å². The first-order chi connectivity index (χ1) is 13.6. The van der Waals surface area contributed by atoms with Crippen molar-refractivity contribution in [2.24, 2.45) is 0 Å². The summed E-state index contributed by atoms with van der Waals surface area (Å²) in [6.45, 7) is 6.83. The lowest BCUT2D eigenvalue weighted by atomic mass is 9.81. The fourth-order valence-electron chi connectivity index (χ4n) is 3.62. The Morgan fingerprint density at radius 3 is 2.46 bits per heavy atom. The highest BCUT2D eigenvalue weighted by molar-refractivity contribution is 5.95. The molecular weight excluding hydrogens is 358 g/mol. The number of nitrogens with one attached hydrogen (secondary N) is 1. The number of rotatable bonds is 8. The van der Waals surface area contributed by atoms with Crippen LogP contribution in [0.3, 0.4) is 0 Å². The monoisotopic (exact) mass is 387 g/mol. The maximum atomic E-state index is 13.1. The van der Waals surface area contributed by atoms with Crippen molar-refractivity contribution in [3.8, 4) is 11.5 Å². The average molecular weight is 387 g/mol. The third-order valence-electron chi connectivity index (χ3n) is 5.06. The highest BCUT2D eigenvalue weighted by Crippen LogP contribution is 2.37. The Morgan fingerprint density at radius 2 is 1.82 bits per heavy atom. The second kappa shape index (κ2) is 9.08. The van der Waals surface area contributed by atoms with E-state index >= 15 is 0 Å². The fourth-order valence-corrected chi connectivity index (χ4v) is 3.62. The van der Waals surface area contributed by atoms with E-state index in [1.165, 1.54) is 0 Å². The number of amides is 1. The molecule has 1 heterocycles. The minimum atomic E-state index is -0.611. The standard InChI is InChI=1S/C21H29N3O4/c1-4-18-22-20(28-24-18)21(12-8-7-9-13-21)23-19(25)15-10-11-16(26-5-2)17(14-15)27-6-3/h10-11,14H,4-9,12-13H2,1-3H3,(H,23,25). The van der Waals surface area contributed by atoms with Crippen molar-refractivity contribution in [1.29, 1.82) is 0 Å². The zero-order valence-corrected chi connectivity index (χ0v) is 16.9. The van der Waals surface area contributed by atoms with E-state index in [0.717, 1.165) is 32.1 Å². The SMILES string of the molecule is CCOc1ccc(C(=O)NC2(c3nc(CC)no3)CCCCC2)cc1OCC. The summed E-state index contributed by atoms with van der Waals surface area (Å²) in [5.74, 6) is 2.20. The fraction of sp³-hybridized carbons (Fsp3) is 0.571. The van der Waals surface area contributed by atoms with Gasteiger partial charge in [-0.2, -0.15) is 4.98 Å². The first kappa shape index (κ1) is 20.2. The van der Waals surface area contributed by atoms with Crippen molar-refractivity contribution in [3.63, 3.8) is 0 Å². The number of benzene rings is 1. The van der Waals surface area contributed by atoms with E-state index < -0.39 is 5.54 Å². The van der Waals surface area contributed by atoms with Gasteiger partial charge in [0.1, 0.15) is 5.54 Å². The van der Waals surface area contributed by atoms with Crippen LogP contribution in [0.1, 0.15) is 74.9 Å². The first-order valence-corrected chi connectivity index (χ1v) is 10.2. The lowest BCUT2D eigenvalue weighted by molar-refractivity contribution is 0.0824. The Labute approximate surface area is 165 Å². The first-order valence-electron chi connectivity index (χ1n) is 10.2. The summed E-state index contributed by atoms with van der Waals surface area (Å²) in [6.07, 6.45) is 5.45. The highest BCUT2D eigenvalue weighted by atomic mass is 16.5. The Bertz CT molecular complexity index is 797. The summed E-state index contributed by atoms with van der Waals surface area (Å²) < 4.78 is 16.8. The normalized spacial score (nSPS) is 15.8. The minimum Gasteiger partial charge on any atom is -0.490 e. The molecule has 1 saturated carbocycles. The number of aromatic nitrogens is 2. The van der Waals surface area contributed by atoms with E-state index in [1.807, 2.05) is 20.8 Å². The molecule has 1 fully saturated rings. The van der Waals surface area contributed by atoms with Crippen molar-refractivity contribution in [2.45, 2.75) is 64.8 Å². The van der Waals surface area contributed by atoms with Crippen LogP contribution >= 0.6 is 0 Å². The van der Waals surface area contributed by atoms with Gasteiger partial charge in [-0.3, -0.25) is 4.79 Å². The summed E-state index contributed by atoms with van der Waals surface area (Å²) >= 11 is 0. The molecule has 7 heteroatoms. The number of hydrogen-bond acceptors (Lipinski definition) is 6. The van der Waals surface area contributed by atoms with Crippen LogP contribution in [0.4, 0.5) is 0 Å². The molecule has 0 atom stereocenters. The van der Waals surface area contributed by atoms with Gasteiger partial charge in [0.2, 0.25) is 0 Å². The Balaban J connectivity index is 1.86. The van der Waals surface area contributed by atoms with Crippen molar-refractivity contribution < 1.29 is 18.8 Å². The van der Waals surface area contributed by atoms with E-state index in [4.69, 9.17) is 14.0 Å². The van der Waals surface area contributed by atoms with Crippen molar-refractivity contribution >= 4 is 5.91 Å². The number of carbonyl (C=O) groups is 1. The van der Waals surface area contributed by atoms with Gasteiger partial charge in [-0.15, -0.1) is 0 Å². The third-order valence-corrected chi connectivity index (χ3v) is 5.06. The van der Waals surface area contributed by atoms with Gasteiger partial charge in [-0.05, 0) is 44.9 Å². The topological polar surface area (TPSA) is 86.5 Å². The van der Waals surface area contributed by atoms with E-state index in [2.05, 4.69) is 15.5 Å². The number of aryl methyl sites for hydroxylation is 1. The van der Waals surface area contributed by atoms with Gasteiger partial charge in [0.25, 0.3) is 11.8 Å². The molecule has 0 radical (unpaired) electrons. The van der Waals surface area contributed by atoms with Crippen molar-refractivity contribution in [2.75, 3.05) is 13.2 Å². The number of nitrogens with zero attached hydrogens (tertiary/aromatic N) is 2. The van der Waals surface area contributed by atoms with E-state index in [0.29, 0.717) is 48.4 Å². The molecule has 3 rings (SSSR count). The molecule has 1 aliphatic rings.